The summed E-state index contributed by atoms with van der Waals surface area (Å²) >= 11 is 5.98. The van der Waals surface area contributed by atoms with E-state index >= 15 is 0 Å². The molecular formula is C18H16ClNO2. The van der Waals surface area contributed by atoms with Crippen LogP contribution in [0.5, 0.6) is 5.75 Å². The van der Waals surface area contributed by atoms with Crippen LogP contribution in [0.4, 0.5) is 5.69 Å². The zero-order valence-electron chi connectivity index (χ0n) is 12.1. The van der Waals surface area contributed by atoms with Gasteiger partial charge in [0.15, 0.2) is 6.10 Å². The van der Waals surface area contributed by atoms with E-state index in [1.165, 1.54) is 17.5 Å². The van der Waals surface area contributed by atoms with Gasteiger partial charge in [0.25, 0.3) is 5.91 Å². The van der Waals surface area contributed by atoms with E-state index in [0.717, 1.165) is 29.8 Å². The molecule has 2 aliphatic rings. The summed E-state index contributed by atoms with van der Waals surface area (Å²) in [4.78, 5) is 12.4. The molecule has 0 radical (unpaired) electrons. The smallest absolute Gasteiger partial charge is 0.265 e. The second kappa shape index (κ2) is 5.33. The Hall–Kier alpha value is -2.00. The maximum absolute atomic E-state index is 12.4. The standard InChI is InChI=1S/C18H16ClNO2/c19-14-5-7-16-13(8-14)10-17(22-16)18(21)20-15-6-4-11-2-1-3-12(11)9-15/h4-9,17H,1-3,10H2,(H,20,21). The van der Waals surface area contributed by atoms with Gasteiger partial charge in [0.05, 0.1) is 0 Å². The zero-order chi connectivity index (χ0) is 15.1. The maximum atomic E-state index is 12.4. The minimum Gasteiger partial charge on any atom is -0.480 e. The monoisotopic (exact) mass is 313 g/mol. The first-order valence-corrected chi connectivity index (χ1v) is 7.94. The number of nitrogens with one attached hydrogen (secondary N) is 1. The van der Waals surface area contributed by atoms with Crippen LogP contribution in [0.15, 0.2) is 36.4 Å². The highest BCUT2D eigenvalue weighted by atomic mass is 35.5. The zero-order valence-corrected chi connectivity index (χ0v) is 12.8. The molecule has 1 N–H and O–H groups in total. The average molecular weight is 314 g/mol. The van der Waals surface area contributed by atoms with Gasteiger partial charge in [0.1, 0.15) is 5.75 Å². The highest BCUT2D eigenvalue weighted by molar-refractivity contribution is 6.30. The minimum absolute atomic E-state index is 0.106. The second-order valence-electron chi connectivity index (χ2n) is 5.89. The van der Waals surface area contributed by atoms with Gasteiger partial charge in [-0.25, -0.2) is 0 Å². The van der Waals surface area contributed by atoms with Crippen molar-refractivity contribution in [1.29, 1.82) is 0 Å². The van der Waals surface area contributed by atoms with E-state index in [1.54, 1.807) is 6.07 Å². The fourth-order valence-electron chi connectivity index (χ4n) is 3.24. The van der Waals surface area contributed by atoms with Crippen molar-refractivity contribution < 1.29 is 9.53 Å². The van der Waals surface area contributed by atoms with Gasteiger partial charge in [-0.05, 0) is 66.3 Å². The third-order valence-electron chi connectivity index (χ3n) is 4.36. The summed E-state index contributed by atoms with van der Waals surface area (Å²) < 4.78 is 5.72. The molecule has 0 saturated carbocycles. The van der Waals surface area contributed by atoms with Crippen molar-refractivity contribution in [3.63, 3.8) is 0 Å². The molecular weight excluding hydrogens is 298 g/mol. The molecule has 0 fully saturated rings. The van der Waals surface area contributed by atoms with E-state index in [4.69, 9.17) is 16.3 Å². The summed E-state index contributed by atoms with van der Waals surface area (Å²) in [6.45, 7) is 0. The van der Waals surface area contributed by atoms with Gasteiger partial charge < -0.3 is 10.1 Å². The number of amides is 1. The molecule has 2 aromatic rings. The van der Waals surface area contributed by atoms with E-state index in [1.807, 2.05) is 18.2 Å². The number of anilines is 1. The Labute approximate surface area is 134 Å². The second-order valence-corrected chi connectivity index (χ2v) is 6.33. The Bertz CT molecular complexity index is 757. The normalized spacial score (nSPS) is 18.5. The lowest BCUT2D eigenvalue weighted by Crippen LogP contribution is -2.31. The Balaban J connectivity index is 1.47. The number of hydrogen-bond acceptors (Lipinski definition) is 2. The van der Waals surface area contributed by atoms with Crippen molar-refractivity contribution in [2.24, 2.45) is 0 Å². The number of fused-ring (bicyclic) bond motifs is 2. The lowest BCUT2D eigenvalue weighted by atomic mass is 10.1. The minimum atomic E-state index is -0.485. The highest BCUT2D eigenvalue weighted by Gasteiger charge is 2.29. The molecule has 1 aliphatic heterocycles. The third kappa shape index (κ3) is 2.46. The molecule has 2 aromatic carbocycles. The van der Waals surface area contributed by atoms with Crippen LogP contribution in [-0.2, 0) is 24.1 Å². The van der Waals surface area contributed by atoms with Crippen molar-refractivity contribution in [3.8, 4) is 5.75 Å². The first-order chi connectivity index (χ1) is 10.7. The number of carbonyl (C=O) groups is 1. The van der Waals surface area contributed by atoms with Gasteiger partial charge in [-0.15, -0.1) is 0 Å². The number of benzene rings is 2. The van der Waals surface area contributed by atoms with E-state index in [2.05, 4.69) is 17.4 Å². The number of rotatable bonds is 2. The molecule has 0 bridgehead atoms. The number of ether oxygens (including phenoxy) is 1. The quantitative estimate of drug-likeness (QED) is 0.916. The largest absolute Gasteiger partial charge is 0.480 e. The van der Waals surface area contributed by atoms with E-state index in [9.17, 15) is 4.79 Å². The molecule has 4 rings (SSSR count). The molecule has 1 amide bonds. The van der Waals surface area contributed by atoms with Gasteiger partial charge in [-0.3, -0.25) is 4.79 Å². The lowest BCUT2D eigenvalue weighted by molar-refractivity contribution is -0.122. The van der Waals surface area contributed by atoms with Gasteiger partial charge >= 0.3 is 0 Å². The molecule has 4 heteroatoms. The number of halogens is 1. The SMILES string of the molecule is O=C(Nc1ccc2c(c1)CCC2)C1Cc2cc(Cl)ccc2O1. The third-order valence-corrected chi connectivity index (χ3v) is 4.59. The molecule has 0 spiro atoms. The van der Waals surface area contributed by atoms with Crippen LogP contribution in [0.25, 0.3) is 0 Å². The molecule has 112 valence electrons. The van der Waals surface area contributed by atoms with Crippen LogP contribution in [0.3, 0.4) is 0 Å². The maximum Gasteiger partial charge on any atom is 0.265 e. The van der Waals surface area contributed by atoms with E-state index in [-0.39, 0.29) is 5.91 Å². The first-order valence-electron chi connectivity index (χ1n) is 7.57. The predicted molar refractivity (Wildman–Crippen MR) is 86.7 cm³/mol. The van der Waals surface area contributed by atoms with Gasteiger partial charge in [-0.2, -0.15) is 0 Å². The molecule has 1 unspecified atom stereocenters. The Kier molecular flexibility index (Phi) is 3.30. The molecule has 0 saturated heterocycles. The van der Waals surface area contributed by atoms with Gasteiger partial charge in [-0.1, -0.05) is 17.7 Å². The molecule has 1 aliphatic carbocycles. The Morgan fingerprint density at radius 2 is 1.95 bits per heavy atom. The van der Waals surface area contributed by atoms with Crippen LogP contribution < -0.4 is 10.1 Å². The van der Waals surface area contributed by atoms with Crippen molar-refractivity contribution >= 4 is 23.2 Å². The average Bonchev–Trinajstić information content (AvgIpc) is 3.12. The van der Waals surface area contributed by atoms with E-state index in [0.29, 0.717) is 11.4 Å². The summed E-state index contributed by atoms with van der Waals surface area (Å²) in [5, 5.41) is 3.63. The summed E-state index contributed by atoms with van der Waals surface area (Å²) in [5.74, 6) is 0.642. The van der Waals surface area contributed by atoms with Crippen LogP contribution in [-0.4, -0.2) is 12.0 Å². The molecule has 22 heavy (non-hydrogen) atoms. The molecule has 1 atom stereocenters. The Morgan fingerprint density at radius 1 is 1.09 bits per heavy atom. The van der Waals surface area contributed by atoms with Gasteiger partial charge in [0.2, 0.25) is 0 Å². The van der Waals surface area contributed by atoms with Crippen LogP contribution in [0, 0.1) is 0 Å². The van der Waals surface area contributed by atoms with Crippen molar-refractivity contribution in [2.45, 2.75) is 31.8 Å². The Morgan fingerprint density at radius 3 is 2.86 bits per heavy atom. The van der Waals surface area contributed by atoms with Crippen LogP contribution >= 0.6 is 11.6 Å². The summed E-state index contributed by atoms with van der Waals surface area (Å²) in [6, 6.07) is 11.6. The fraction of sp³-hybridized carbons (Fsp3) is 0.278. The summed E-state index contributed by atoms with van der Waals surface area (Å²) in [7, 11) is 0. The fourth-order valence-corrected chi connectivity index (χ4v) is 3.43. The highest BCUT2D eigenvalue weighted by Crippen LogP contribution is 2.32. The van der Waals surface area contributed by atoms with Crippen molar-refractivity contribution in [3.05, 3.63) is 58.1 Å². The molecule has 0 aromatic heterocycles. The number of aryl methyl sites for hydroxylation is 2. The number of carbonyl (C=O) groups excluding carboxylic acids is 1. The summed E-state index contributed by atoms with van der Waals surface area (Å²) in [6.07, 6.45) is 3.52. The van der Waals surface area contributed by atoms with Crippen LogP contribution in [0.2, 0.25) is 5.02 Å². The first kappa shape index (κ1) is 13.6. The summed E-state index contributed by atoms with van der Waals surface area (Å²) in [5.41, 5.74) is 4.59. The van der Waals surface area contributed by atoms with Crippen LogP contribution in [0.1, 0.15) is 23.1 Å². The molecule has 1 heterocycles. The predicted octanol–water partition coefficient (Wildman–Crippen LogP) is 3.77. The van der Waals surface area contributed by atoms with Gasteiger partial charge in [0, 0.05) is 17.1 Å². The lowest BCUT2D eigenvalue weighted by Gasteiger charge is -2.12. The molecule has 3 nitrogen and oxygen atoms in total. The van der Waals surface area contributed by atoms with Crippen molar-refractivity contribution in [1.82, 2.24) is 0 Å². The van der Waals surface area contributed by atoms with Crippen molar-refractivity contribution in [2.75, 3.05) is 5.32 Å². The topological polar surface area (TPSA) is 38.3 Å². The number of hydrogen-bond donors (Lipinski definition) is 1. The van der Waals surface area contributed by atoms with E-state index < -0.39 is 6.10 Å².